The van der Waals surface area contributed by atoms with Crippen LogP contribution in [0.3, 0.4) is 0 Å². The van der Waals surface area contributed by atoms with E-state index in [1.807, 2.05) is 0 Å². The number of nitrogens with zero attached hydrogens (tertiary/aromatic N) is 1. The summed E-state index contributed by atoms with van der Waals surface area (Å²) in [4.78, 5) is -0.314. The quantitative estimate of drug-likeness (QED) is 0.806. The predicted octanol–water partition coefficient (Wildman–Crippen LogP) is 1.48. The van der Waals surface area contributed by atoms with Gasteiger partial charge in [-0.2, -0.15) is 4.31 Å². The third kappa shape index (κ3) is 3.02. The zero-order valence-corrected chi connectivity index (χ0v) is 10.9. The van der Waals surface area contributed by atoms with Crippen LogP contribution < -0.4 is 0 Å². The average molecular weight is 261 g/mol. The molecule has 1 aromatic carbocycles. The highest BCUT2D eigenvalue weighted by Gasteiger charge is 2.27. The maximum atomic E-state index is 13.5. The Kier molecular flexibility index (Phi) is 4.62. The first-order chi connectivity index (χ1) is 7.91. The van der Waals surface area contributed by atoms with Gasteiger partial charge < -0.3 is 4.74 Å². The average Bonchev–Trinajstić information content (AvgIpc) is 2.28. The predicted molar refractivity (Wildman–Crippen MR) is 62.7 cm³/mol. The van der Waals surface area contributed by atoms with Gasteiger partial charge >= 0.3 is 0 Å². The lowest BCUT2D eigenvalue weighted by Crippen LogP contribution is -2.38. The summed E-state index contributed by atoms with van der Waals surface area (Å²) in [5, 5.41) is 0. The van der Waals surface area contributed by atoms with E-state index in [0.29, 0.717) is 0 Å². The molecule has 0 bridgehead atoms. The van der Waals surface area contributed by atoms with Gasteiger partial charge in [-0.1, -0.05) is 12.1 Å². The van der Waals surface area contributed by atoms with Gasteiger partial charge in [-0.3, -0.25) is 0 Å². The number of rotatable bonds is 5. The van der Waals surface area contributed by atoms with E-state index in [-0.39, 0.29) is 17.5 Å². The third-order valence-corrected chi connectivity index (χ3v) is 4.53. The van der Waals surface area contributed by atoms with Crippen LogP contribution in [0.15, 0.2) is 29.2 Å². The summed E-state index contributed by atoms with van der Waals surface area (Å²) in [6, 6.07) is 4.96. The Hall–Kier alpha value is -0.980. The van der Waals surface area contributed by atoms with Gasteiger partial charge in [0.2, 0.25) is 10.0 Å². The van der Waals surface area contributed by atoms with Crippen molar-refractivity contribution in [1.29, 1.82) is 0 Å². The zero-order valence-electron chi connectivity index (χ0n) is 10.1. The van der Waals surface area contributed by atoms with Gasteiger partial charge in [0.15, 0.2) is 0 Å². The second kappa shape index (κ2) is 5.57. The largest absolute Gasteiger partial charge is 0.383 e. The molecule has 1 atom stereocenters. The summed E-state index contributed by atoms with van der Waals surface area (Å²) in [6.45, 7) is 1.95. The lowest BCUT2D eigenvalue weighted by atomic mass is 10.3. The van der Waals surface area contributed by atoms with Crippen LogP contribution in [-0.4, -0.2) is 39.5 Å². The Morgan fingerprint density at radius 3 is 2.53 bits per heavy atom. The van der Waals surface area contributed by atoms with Gasteiger partial charge in [-0.15, -0.1) is 0 Å². The van der Waals surface area contributed by atoms with Crippen LogP contribution in [0.4, 0.5) is 4.39 Å². The maximum Gasteiger partial charge on any atom is 0.246 e. The van der Waals surface area contributed by atoms with Crippen molar-refractivity contribution < 1.29 is 17.5 Å². The molecule has 1 unspecified atom stereocenters. The SMILES string of the molecule is COCC(C)N(C)S(=O)(=O)c1ccccc1F. The van der Waals surface area contributed by atoms with Crippen LogP contribution in [0.25, 0.3) is 0 Å². The normalized spacial score (nSPS) is 13.9. The van der Waals surface area contributed by atoms with Crippen molar-refractivity contribution in [1.82, 2.24) is 4.31 Å². The second-order valence-corrected chi connectivity index (χ2v) is 5.72. The van der Waals surface area contributed by atoms with Crippen molar-refractivity contribution in [2.24, 2.45) is 0 Å². The van der Waals surface area contributed by atoms with Crippen LogP contribution in [0.5, 0.6) is 0 Å². The summed E-state index contributed by atoms with van der Waals surface area (Å²) in [6.07, 6.45) is 0. The molecule has 0 amide bonds. The Bertz CT molecular complexity index is 475. The molecule has 0 aliphatic carbocycles. The molecule has 0 fully saturated rings. The molecule has 0 spiro atoms. The molecule has 0 N–H and O–H groups in total. The fourth-order valence-corrected chi connectivity index (χ4v) is 2.80. The lowest BCUT2D eigenvalue weighted by Gasteiger charge is -2.23. The molecule has 0 radical (unpaired) electrons. The van der Waals surface area contributed by atoms with Gasteiger partial charge in [0.1, 0.15) is 10.7 Å². The highest BCUT2D eigenvalue weighted by atomic mass is 32.2. The molecule has 0 saturated heterocycles. The van der Waals surface area contributed by atoms with Crippen molar-refractivity contribution in [3.05, 3.63) is 30.1 Å². The van der Waals surface area contributed by atoms with Crippen LogP contribution in [0, 0.1) is 5.82 Å². The van der Waals surface area contributed by atoms with Crippen molar-refractivity contribution in [3.63, 3.8) is 0 Å². The van der Waals surface area contributed by atoms with Crippen LogP contribution >= 0.6 is 0 Å². The van der Waals surface area contributed by atoms with Crippen molar-refractivity contribution in [2.45, 2.75) is 17.9 Å². The van der Waals surface area contributed by atoms with E-state index in [2.05, 4.69) is 0 Å². The van der Waals surface area contributed by atoms with E-state index in [4.69, 9.17) is 4.74 Å². The maximum absolute atomic E-state index is 13.5. The molecule has 1 aromatic rings. The number of hydrogen-bond donors (Lipinski definition) is 0. The fraction of sp³-hybridized carbons (Fsp3) is 0.455. The molecule has 1 rings (SSSR count). The molecule has 0 aromatic heterocycles. The first-order valence-electron chi connectivity index (χ1n) is 5.12. The van der Waals surface area contributed by atoms with Gasteiger partial charge in [0.05, 0.1) is 6.61 Å². The van der Waals surface area contributed by atoms with Crippen LogP contribution in [-0.2, 0) is 14.8 Å². The number of benzene rings is 1. The molecule has 17 heavy (non-hydrogen) atoms. The minimum atomic E-state index is -3.81. The molecule has 0 aliphatic heterocycles. The van der Waals surface area contributed by atoms with E-state index in [9.17, 15) is 12.8 Å². The Morgan fingerprint density at radius 1 is 1.41 bits per heavy atom. The first kappa shape index (κ1) is 14.1. The van der Waals surface area contributed by atoms with E-state index in [1.165, 1.54) is 32.4 Å². The first-order valence-corrected chi connectivity index (χ1v) is 6.56. The third-order valence-electron chi connectivity index (χ3n) is 2.52. The molecular weight excluding hydrogens is 245 g/mol. The molecule has 0 aliphatic rings. The van der Waals surface area contributed by atoms with E-state index < -0.39 is 15.8 Å². The highest BCUT2D eigenvalue weighted by Crippen LogP contribution is 2.19. The van der Waals surface area contributed by atoms with Gasteiger partial charge in [0.25, 0.3) is 0 Å². The highest BCUT2D eigenvalue weighted by molar-refractivity contribution is 7.89. The number of sulfonamides is 1. The van der Waals surface area contributed by atoms with Gasteiger partial charge in [0, 0.05) is 20.2 Å². The Morgan fingerprint density at radius 2 is 2.00 bits per heavy atom. The molecule has 0 saturated carbocycles. The van der Waals surface area contributed by atoms with Gasteiger partial charge in [-0.05, 0) is 19.1 Å². The van der Waals surface area contributed by atoms with Crippen molar-refractivity contribution in [3.8, 4) is 0 Å². The topological polar surface area (TPSA) is 46.6 Å². The Balaban J connectivity index is 3.08. The van der Waals surface area contributed by atoms with E-state index >= 15 is 0 Å². The van der Waals surface area contributed by atoms with Gasteiger partial charge in [-0.25, -0.2) is 12.8 Å². The molecule has 4 nitrogen and oxygen atoms in total. The van der Waals surface area contributed by atoms with E-state index in [1.54, 1.807) is 6.92 Å². The van der Waals surface area contributed by atoms with Crippen LogP contribution in [0.1, 0.15) is 6.92 Å². The Labute approximate surface area is 101 Å². The number of methoxy groups -OCH3 is 1. The number of ether oxygens (including phenoxy) is 1. The van der Waals surface area contributed by atoms with Crippen LogP contribution in [0.2, 0.25) is 0 Å². The van der Waals surface area contributed by atoms with Crippen molar-refractivity contribution >= 4 is 10.0 Å². The smallest absolute Gasteiger partial charge is 0.246 e. The summed E-state index contributed by atoms with van der Waals surface area (Å²) < 4.78 is 43.6. The van der Waals surface area contributed by atoms with Crippen molar-refractivity contribution in [2.75, 3.05) is 20.8 Å². The molecular formula is C11H16FNO3S. The fourth-order valence-electron chi connectivity index (χ4n) is 1.39. The summed E-state index contributed by atoms with van der Waals surface area (Å²) >= 11 is 0. The minimum absolute atomic E-state index is 0.254. The standard InChI is InChI=1S/C11H16FNO3S/c1-9(8-16-3)13(2)17(14,15)11-7-5-4-6-10(11)12/h4-7,9H,8H2,1-3H3. The zero-order chi connectivity index (χ0) is 13.1. The molecule has 0 heterocycles. The molecule has 6 heteroatoms. The summed E-state index contributed by atoms with van der Waals surface area (Å²) in [7, 11) is -0.918. The molecule has 96 valence electrons. The summed E-state index contributed by atoms with van der Waals surface area (Å²) in [5.74, 6) is -0.746. The minimum Gasteiger partial charge on any atom is -0.383 e. The lowest BCUT2D eigenvalue weighted by molar-refractivity contribution is 0.149. The second-order valence-electron chi connectivity index (χ2n) is 3.76. The number of hydrogen-bond acceptors (Lipinski definition) is 3. The number of halogens is 1. The number of likely N-dealkylation sites (N-methyl/N-ethyl adjacent to an activating group) is 1. The summed E-state index contributed by atoms with van der Waals surface area (Å²) in [5.41, 5.74) is 0. The van der Waals surface area contributed by atoms with E-state index in [0.717, 1.165) is 10.4 Å². The monoisotopic (exact) mass is 261 g/mol.